The Kier molecular flexibility index (Phi) is 12.6. The molecule has 1 amide bonds. The molecule has 6 heterocycles. The van der Waals surface area contributed by atoms with Gasteiger partial charge in [-0.3, -0.25) is 24.6 Å². The van der Waals surface area contributed by atoms with Crippen LogP contribution in [0.25, 0.3) is 0 Å². The van der Waals surface area contributed by atoms with E-state index in [1.807, 2.05) is 0 Å². The van der Waals surface area contributed by atoms with Gasteiger partial charge in [0, 0.05) is 83.9 Å². The summed E-state index contributed by atoms with van der Waals surface area (Å²) in [4.78, 5) is 32.4. The maximum atomic E-state index is 14.1. The first kappa shape index (κ1) is 45.7. The predicted molar refractivity (Wildman–Crippen MR) is 261 cm³/mol. The number of hydrogen-bond donors (Lipinski definition) is 3. The number of nitriles is 1. The third kappa shape index (κ3) is 8.23. The van der Waals surface area contributed by atoms with Crippen LogP contribution in [0, 0.1) is 45.8 Å². The number of hydrogen-bond acceptors (Lipinski definition) is 11. The molecule has 6 aliphatic heterocycles. The zero-order valence-electron chi connectivity index (χ0n) is 39.6. The number of nitrogens with one attached hydrogen (secondary N) is 3. The average molecular weight is 909 g/mol. The van der Waals surface area contributed by atoms with Crippen molar-refractivity contribution in [3.63, 3.8) is 0 Å². The van der Waals surface area contributed by atoms with E-state index in [2.05, 4.69) is 148 Å². The molecule has 0 spiro atoms. The van der Waals surface area contributed by atoms with E-state index in [1.54, 1.807) is 18.2 Å². The maximum Gasteiger partial charge on any atom is 0.245 e. The fraction of sp³-hybridized carbons (Fsp3) is 0.647. The molecule has 9 atom stereocenters. The Morgan fingerprint density at radius 2 is 1.70 bits per heavy atom. The number of rotatable bonds is 10. The summed E-state index contributed by atoms with van der Waals surface area (Å²) < 4.78 is 6.49. The molecule has 3 N–H and O–H groups in total. The third-order valence-corrected chi connectivity index (χ3v) is 18.4. The quantitative estimate of drug-likeness (QED) is 0.203. The number of carbonyl (C=O) groups is 1. The molecule has 0 bridgehead atoms. The van der Waals surface area contributed by atoms with Gasteiger partial charge in [0.1, 0.15) is 24.0 Å². The van der Waals surface area contributed by atoms with E-state index < -0.39 is 6.04 Å². The van der Waals surface area contributed by atoms with Gasteiger partial charge in [-0.2, -0.15) is 5.26 Å². The monoisotopic (exact) mass is 908 g/mol. The number of halogens is 1. The van der Waals surface area contributed by atoms with Crippen LogP contribution in [0.3, 0.4) is 0 Å². The summed E-state index contributed by atoms with van der Waals surface area (Å²) in [5, 5.41) is 14.1. The predicted octanol–water partition coefficient (Wildman–Crippen LogP) is 8.28. The number of hydrazine groups is 1. The van der Waals surface area contributed by atoms with Crippen molar-refractivity contribution < 1.29 is 9.53 Å². The summed E-state index contributed by atoms with van der Waals surface area (Å²) in [5.41, 5.74) is 13.4. The van der Waals surface area contributed by atoms with Gasteiger partial charge in [-0.05, 0) is 94.0 Å². The largest absolute Gasteiger partial charge is 0.489 e. The van der Waals surface area contributed by atoms with E-state index in [0.29, 0.717) is 51.1 Å². The molecule has 64 heavy (non-hydrogen) atoms. The SMILES string of the molecule is CC/C(C)=C1\CC(C(=O)NC2C(C)(C)C(Oc3ccc(C#N)c(Cl)c3)C2(C)C)N=CC(N2CC(CC3CN(c4ccc(C5=N[C@H](C)C6NNC(C)N6C6SC(C)C(C)C56)cc4)C3)C2)C1. The minimum atomic E-state index is -0.455. The van der Waals surface area contributed by atoms with Crippen molar-refractivity contribution in [2.45, 2.75) is 148 Å². The van der Waals surface area contributed by atoms with Gasteiger partial charge in [0.2, 0.25) is 5.91 Å². The number of anilines is 1. The Morgan fingerprint density at radius 3 is 2.38 bits per heavy atom. The van der Waals surface area contributed by atoms with Gasteiger partial charge in [-0.15, -0.1) is 11.8 Å². The number of allylic oxidation sites excluding steroid dienone is 1. The maximum absolute atomic E-state index is 14.1. The number of likely N-dealkylation sites (tertiary alicyclic amines) is 1. The van der Waals surface area contributed by atoms with Crippen molar-refractivity contribution in [1.29, 1.82) is 5.26 Å². The van der Waals surface area contributed by atoms with Gasteiger partial charge in [-0.25, -0.2) is 10.9 Å². The van der Waals surface area contributed by atoms with Gasteiger partial charge in [0.05, 0.1) is 34.3 Å². The van der Waals surface area contributed by atoms with Crippen LogP contribution in [-0.2, 0) is 4.79 Å². The fourth-order valence-electron chi connectivity index (χ4n) is 12.6. The second kappa shape index (κ2) is 17.7. The number of amides is 1. The summed E-state index contributed by atoms with van der Waals surface area (Å²) >= 11 is 8.45. The van der Waals surface area contributed by atoms with Crippen LogP contribution in [0.2, 0.25) is 5.02 Å². The first-order chi connectivity index (χ1) is 30.5. The molecule has 0 aromatic heterocycles. The van der Waals surface area contributed by atoms with Crippen molar-refractivity contribution in [2.24, 2.45) is 44.5 Å². The van der Waals surface area contributed by atoms with Crippen LogP contribution in [0.15, 0.2) is 63.6 Å². The van der Waals surface area contributed by atoms with Crippen molar-refractivity contribution in [3.05, 3.63) is 69.8 Å². The summed E-state index contributed by atoms with van der Waals surface area (Å²) in [5.74, 6) is 2.98. The van der Waals surface area contributed by atoms with E-state index in [1.165, 1.54) is 34.5 Å². The topological polar surface area (TPSA) is 121 Å². The number of aliphatic imine (C=N–C) groups is 2. The number of ether oxygens (including phenoxy) is 1. The van der Waals surface area contributed by atoms with Gasteiger partial charge >= 0.3 is 0 Å². The van der Waals surface area contributed by atoms with E-state index in [9.17, 15) is 10.1 Å². The minimum absolute atomic E-state index is 0.0150. The smallest absolute Gasteiger partial charge is 0.245 e. The normalized spacial score (nSPS) is 35.7. The Labute approximate surface area is 391 Å². The van der Waals surface area contributed by atoms with Gasteiger partial charge in [-0.1, -0.05) is 83.3 Å². The molecule has 11 nitrogen and oxygen atoms in total. The lowest BCUT2D eigenvalue weighted by Crippen LogP contribution is -2.75. The number of benzene rings is 2. The first-order valence-corrected chi connectivity index (χ1v) is 25.3. The van der Waals surface area contributed by atoms with Crippen LogP contribution in [0.1, 0.15) is 106 Å². The first-order valence-electron chi connectivity index (χ1n) is 24.0. The Balaban J connectivity index is 0.778. The van der Waals surface area contributed by atoms with E-state index in [0.717, 1.165) is 44.9 Å². The lowest BCUT2D eigenvalue weighted by Gasteiger charge is -2.63. The number of nitrogens with zero attached hydrogens (tertiary/aromatic N) is 6. The van der Waals surface area contributed by atoms with Crippen molar-refractivity contribution in [3.8, 4) is 11.8 Å². The molecule has 2 aromatic rings. The average Bonchev–Trinajstić information content (AvgIpc) is 3.61. The molecule has 0 radical (unpaired) electrons. The van der Waals surface area contributed by atoms with Crippen molar-refractivity contribution in [1.82, 2.24) is 26.0 Å². The van der Waals surface area contributed by atoms with Gasteiger partial charge in [0.15, 0.2) is 0 Å². The van der Waals surface area contributed by atoms with Crippen LogP contribution >= 0.6 is 23.4 Å². The summed E-state index contributed by atoms with van der Waals surface area (Å²) in [6.07, 6.45) is 6.24. The second-order valence-electron chi connectivity index (χ2n) is 21.5. The van der Waals surface area contributed by atoms with Crippen molar-refractivity contribution in [2.75, 3.05) is 31.1 Å². The molecule has 5 fully saturated rings. The lowest BCUT2D eigenvalue weighted by molar-refractivity contribution is -0.173. The third-order valence-electron chi connectivity index (χ3n) is 16.4. The Morgan fingerprint density at radius 1 is 1.00 bits per heavy atom. The summed E-state index contributed by atoms with van der Waals surface area (Å²) in [7, 11) is 0. The fourth-order valence-corrected chi connectivity index (χ4v) is 14.6. The second-order valence-corrected chi connectivity index (χ2v) is 23.4. The van der Waals surface area contributed by atoms with Gasteiger partial charge in [0.25, 0.3) is 0 Å². The number of carbonyl (C=O) groups excluding carboxylic acids is 1. The molecule has 1 saturated carbocycles. The number of fused-ring (bicyclic) bond motifs is 3. The van der Waals surface area contributed by atoms with Crippen LogP contribution < -0.4 is 25.8 Å². The van der Waals surface area contributed by atoms with Crippen LogP contribution in [0.5, 0.6) is 5.75 Å². The molecule has 8 unspecified atom stereocenters. The van der Waals surface area contributed by atoms with Crippen LogP contribution in [-0.4, -0.2) is 107 Å². The highest BCUT2D eigenvalue weighted by Gasteiger charge is 2.64. The van der Waals surface area contributed by atoms with Crippen LogP contribution in [0.4, 0.5) is 5.69 Å². The lowest BCUT2D eigenvalue weighted by atomic mass is 9.49. The molecule has 7 aliphatic rings. The zero-order chi connectivity index (χ0) is 45.4. The van der Waals surface area contributed by atoms with Gasteiger partial charge < -0.3 is 15.0 Å². The minimum Gasteiger partial charge on any atom is -0.489 e. The standard InChI is InChI=1S/C51H70ClN9O2S/c1-11-28(2)37-19-39(23-54-42(20-37)46(62)56-48-50(7,8)49(51(48,9)10)63-40-17-14-36(22-53)41(52)21-40)60-26-34(27-60)18-33-24-59(25-33)38-15-12-35(13-16-38)44-43-29(3)31(5)64-47(43)61-32(6)57-58-45(61)30(4)55-44/h12-17,21,23,29-34,39,42-43,45,47-49,57-58H,11,18-20,24-27H2,1-10H3,(H,56,62)/b37-28-/t29?,30-,31?,32?,39?,42?,43?,45?,47?,48?,49?/m1/s1. The van der Waals surface area contributed by atoms with E-state index >= 15 is 0 Å². The molecule has 4 saturated heterocycles. The zero-order valence-corrected chi connectivity index (χ0v) is 41.1. The van der Waals surface area contributed by atoms with E-state index in [4.69, 9.17) is 26.3 Å². The highest BCUT2D eigenvalue weighted by molar-refractivity contribution is 8.00. The number of thioether (sulfide) groups is 1. The molecule has 13 heteroatoms. The summed E-state index contributed by atoms with van der Waals surface area (Å²) in [6, 6.07) is 16.5. The molecule has 9 rings (SSSR count). The Hall–Kier alpha value is -3.44. The molecule has 2 aromatic carbocycles. The van der Waals surface area contributed by atoms with E-state index in [-0.39, 0.29) is 53.3 Å². The molecular formula is C51H70ClN9O2S. The Bertz CT molecular complexity index is 2210. The molecule has 1 aliphatic carbocycles. The molecule has 344 valence electrons. The molecular weight excluding hydrogens is 838 g/mol. The highest BCUT2D eigenvalue weighted by atomic mass is 35.5. The highest BCUT2D eigenvalue weighted by Crippen LogP contribution is 2.56. The van der Waals surface area contributed by atoms with Crippen molar-refractivity contribution >= 4 is 46.9 Å². The summed E-state index contributed by atoms with van der Waals surface area (Å²) in [6.45, 7) is 26.8.